The van der Waals surface area contributed by atoms with E-state index in [0.29, 0.717) is 5.25 Å². The van der Waals surface area contributed by atoms with Gasteiger partial charge in [-0.05, 0) is 36.1 Å². The minimum atomic E-state index is 0.220. The van der Waals surface area contributed by atoms with Gasteiger partial charge in [0.25, 0.3) is 0 Å². The molecule has 0 amide bonds. The molecule has 0 aromatic heterocycles. The zero-order valence-corrected chi connectivity index (χ0v) is 11.5. The first kappa shape index (κ1) is 13.0. The Kier molecular flexibility index (Phi) is 4.93. The number of nitrogens with two attached hydrogens (primary N) is 1. The van der Waals surface area contributed by atoms with Crippen molar-refractivity contribution in [2.45, 2.75) is 50.3 Å². The van der Waals surface area contributed by atoms with Crippen LogP contribution in [0.4, 0.5) is 0 Å². The molecule has 2 unspecified atom stereocenters. The van der Waals surface area contributed by atoms with Crippen molar-refractivity contribution < 1.29 is 0 Å². The van der Waals surface area contributed by atoms with Gasteiger partial charge in [-0.3, -0.25) is 0 Å². The molecule has 0 aliphatic carbocycles. The Labute approximate surface area is 109 Å². The molecule has 1 nitrogen and oxygen atoms in total. The van der Waals surface area contributed by atoms with Crippen molar-refractivity contribution in [2.75, 3.05) is 5.75 Å². The van der Waals surface area contributed by atoms with E-state index in [1.165, 1.54) is 49.0 Å². The third-order valence-electron chi connectivity index (χ3n) is 3.49. The number of benzene rings is 1. The minimum absolute atomic E-state index is 0.220. The summed E-state index contributed by atoms with van der Waals surface area (Å²) in [6, 6.07) is 9.10. The zero-order valence-electron chi connectivity index (χ0n) is 10.7. The summed E-state index contributed by atoms with van der Waals surface area (Å²) in [5, 5.41) is 0.626. The average molecular weight is 249 g/mol. The Morgan fingerprint density at radius 3 is 3.00 bits per heavy atom. The highest BCUT2D eigenvalue weighted by Gasteiger charge is 2.22. The van der Waals surface area contributed by atoms with Crippen LogP contribution in [0.15, 0.2) is 24.3 Å². The molecule has 0 saturated carbocycles. The summed E-state index contributed by atoms with van der Waals surface area (Å²) in [4.78, 5) is 0. The van der Waals surface area contributed by atoms with Crippen LogP contribution in [0.3, 0.4) is 0 Å². The molecule has 2 atom stereocenters. The van der Waals surface area contributed by atoms with E-state index in [2.05, 4.69) is 43.0 Å². The third-order valence-corrected chi connectivity index (χ3v) is 4.97. The van der Waals surface area contributed by atoms with E-state index in [4.69, 9.17) is 5.73 Å². The quantitative estimate of drug-likeness (QED) is 0.875. The van der Waals surface area contributed by atoms with Gasteiger partial charge >= 0.3 is 0 Å². The van der Waals surface area contributed by atoms with Crippen LogP contribution in [0.2, 0.25) is 0 Å². The molecule has 1 aliphatic heterocycles. The van der Waals surface area contributed by atoms with Crippen LogP contribution in [0.25, 0.3) is 0 Å². The Hall–Kier alpha value is -0.470. The molecule has 2 heteroatoms. The highest BCUT2D eigenvalue weighted by atomic mass is 32.2. The molecule has 2 rings (SSSR count). The van der Waals surface area contributed by atoms with Crippen LogP contribution < -0.4 is 5.73 Å². The normalized spacial score (nSPS) is 22.4. The molecular weight excluding hydrogens is 226 g/mol. The lowest BCUT2D eigenvalue weighted by Gasteiger charge is -2.27. The molecule has 1 saturated heterocycles. The lowest BCUT2D eigenvalue weighted by atomic mass is 9.97. The first-order valence-electron chi connectivity index (χ1n) is 6.77. The molecule has 0 radical (unpaired) electrons. The highest BCUT2D eigenvalue weighted by Crippen LogP contribution is 2.33. The first-order chi connectivity index (χ1) is 8.31. The van der Waals surface area contributed by atoms with Gasteiger partial charge in [0, 0.05) is 11.3 Å². The largest absolute Gasteiger partial charge is 0.323 e. The summed E-state index contributed by atoms with van der Waals surface area (Å²) in [6.07, 6.45) is 6.36. The predicted molar refractivity (Wildman–Crippen MR) is 77.5 cm³/mol. The van der Waals surface area contributed by atoms with Gasteiger partial charge < -0.3 is 5.73 Å². The van der Waals surface area contributed by atoms with Gasteiger partial charge in [-0.15, -0.1) is 0 Å². The lowest BCUT2D eigenvalue weighted by Crippen LogP contribution is -2.26. The second-order valence-corrected chi connectivity index (χ2v) is 6.27. The molecular formula is C15H23NS. The molecule has 1 fully saturated rings. The second kappa shape index (κ2) is 6.46. The van der Waals surface area contributed by atoms with Gasteiger partial charge in [0.1, 0.15) is 0 Å². The van der Waals surface area contributed by atoms with Gasteiger partial charge in [-0.1, -0.05) is 44.0 Å². The molecule has 17 heavy (non-hydrogen) atoms. The fraction of sp³-hybridized carbons (Fsp3) is 0.600. The minimum Gasteiger partial charge on any atom is -0.323 e. The van der Waals surface area contributed by atoms with Crippen molar-refractivity contribution in [3.05, 3.63) is 35.4 Å². The van der Waals surface area contributed by atoms with E-state index in [9.17, 15) is 0 Å². The SMILES string of the molecule is CCCc1cccc(C(N)C2CCCCS2)c1. The van der Waals surface area contributed by atoms with Crippen molar-refractivity contribution in [2.24, 2.45) is 5.73 Å². The Morgan fingerprint density at radius 2 is 2.29 bits per heavy atom. The van der Waals surface area contributed by atoms with Gasteiger partial charge in [-0.2, -0.15) is 11.8 Å². The molecule has 1 heterocycles. The fourth-order valence-electron chi connectivity index (χ4n) is 2.51. The maximum atomic E-state index is 6.41. The van der Waals surface area contributed by atoms with Crippen molar-refractivity contribution >= 4 is 11.8 Å². The molecule has 1 aliphatic rings. The number of aryl methyl sites for hydroxylation is 1. The Balaban J connectivity index is 2.06. The van der Waals surface area contributed by atoms with Gasteiger partial charge in [0.05, 0.1) is 0 Å². The average Bonchev–Trinajstić information content (AvgIpc) is 2.40. The summed E-state index contributed by atoms with van der Waals surface area (Å²) >= 11 is 2.06. The van der Waals surface area contributed by atoms with Crippen molar-refractivity contribution in [3.8, 4) is 0 Å². The smallest absolute Gasteiger partial charge is 0.0415 e. The van der Waals surface area contributed by atoms with Gasteiger partial charge in [0.2, 0.25) is 0 Å². The monoisotopic (exact) mass is 249 g/mol. The molecule has 2 N–H and O–H groups in total. The van der Waals surface area contributed by atoms with Crippen molar-refractivity contribution in [3.63, 3.8) is 0 Å². The Bertz CT molecular complexity index is 345. The Morgan fingerprint density at radius 1 is 1.41 bits per heavy atom. The summed E-state index contributed by atoms with van der Waals surface area (Å²) in [6.45, 7) is 2.23. The second-order valence-electron chi connectivity index (χ2n) is 4.93. The standard InChI is InChI=1S/C15H23NS/c1-2-6-12-7-5-8-13(11-12)15(16)14-9-3-4-10-17-14/h5,7-8,11,14-15H,2-4,6,9-10,16H2,1H3. The van der Waals surface area contributed by atoms with Gasteiger partial charge in [0.15, 0.2) is 0 Å². The van der Waals surface area contributed by atoms with E-state index >= 15 is 0 Å². The van der Waals surface area contributed by atoms with Crippen LogP contribution >= 0.6 is 11.8 Å². The summed E-state index contributed by atoms with van der Waals surface area (Å²) in [5.74, 6) is 1.28. The fourth-order valence-corrected chi connectivity index (χ4v) is 3.88. The summed E-state index contributed by atoms with van der Waals surface area (Å²) in [7, 11) is 0. The van der Waals surface area contributed by atoms with Crippen molar-refractivity contribution in [1.29, 1.82) is 0 Å². The topological polar surface area (TPSA) is 26.0 Å². The van der Waals surface area contributed by atoms with E-state index in [0.717, 1.165) is 0 Å². The number of thioether (sulfide) groups is 1. The van der Waals surface area contributed by atoms with E-state index in [1.54, 1.807) is 0 Å². The number of hydrogen-bond donors (Lipinski definition) is 1. The summed E-state index contributed by atoms with van der Waals surface area (Å²) in [5.41, 5.74) is 9.17. The van der Waals surface area contributed by atoms with E-state index in [1.807, 2.05) is 0 Å². The third kappa shape index (κ3) is 3.49. The zero-order chi connectivity index (χ0) is 12.1. The molecule has 0 bridgehead atoms. The van der Waals surface area contributed by atoms with Crippen LogP contribution in [0, 0.1) is 0 Å². The molecule has 1 aromatic carbocycles. The highest BCUT2D eigenvalue weighted by molar-refractivity contribution is 8.00. The van der Waals surface area contributed by atoms with E-state index in [-0.39, 0.29) is 6.04 Å². The predicted octanol–water partition coefficient (Wildman–Crippen LogP) is 3.92. The summed E-state index contributed by atoms with van der Waals surface area (Å²) < 4.78 is 0. The first-order valence-corrected chi connectivity index (χ1v) is 7.82. The number of rotatable bonds is 4. The maximum Gasteiger partial charge on any atom is 0.0415 e. The maximum absolute atomic E-state index is 6.41. The number of hydrogen-bond acceptors (Lipinski definition) is 2. The molecule has 94 valence electrons. The van der Waals surface area contributed by atoms with Crippen LogP contribution in [-0.2, 0) is 6.42 Å². The van der Waals surface area contributed by atoms with Crippen molar-refractivity contribution in [1.82, 2.24) is 0 Å². The van der Waals surface area contributed by atoms with Gasteiger partial charge in [-0.25, -0.2) is 0 Å². The van der Waals surface area contributed by atoms with E-state index < -0.39 is 0 Å². The van der Waals surface area contributed by atoms with Crippen LogP contribution in [0.1, 0.15) is 49.8 Å². The van der Waals surface area contributed by atoms with Crippen LogP contribution in [0.5, 0.6) is 0 Å². The van der Waals surface area contributed by atoms with Crippen LogP contribution in [-0.4, -0.2) is 11.0 Å². The lowest BCUT2D eigenvalue weighted by molar-refractivity contribution is 0.581. The molecule has 0 spiro atoms. The molecule has 1 aromatic rings.